The van der Waals surface area contributed by atoms with Crippen molar-refractivity contribution in [2.24, 2.45) is 0 Å². The van der Waals surface area contributed by atoms with Crippen LogP contribution in [0.4, 0.5) is 35.1 Å². The second-order valence-electron chi connectivity index (χ2n) is 2.63. The van der Waals surface area contributed by atoms with Crippen LogP contribution in [0.2, 0.25) is 0 Å². The average Bonchev–Trinajstić information content (AvgIpc) is 2.16. The molecule has 0 aliphatic heterocycles. The van der Waals surface area contributed by atoms with E-state index in [-0.39, 0.29) is 0 Å². The van der Waals surface area contributed by atoms with Crippen molar-refractivity contribution in [2.45, 2.75) is 23.7 Å². The van der Waals surface area contributed by atoms with Crippen molar-refractivity contribution in [1.82, 2.24) is 0 Å². The molecule has 0 N–H and O–H groups in total. The molecule has 0 fully saturated rings. The summed E-state index contributed by atoms with van der Waals surface area (Å²) >= 11 is 0. The lowest BCUT2D eigenvalue weighted by atomic mass is 10.0. The normalized spacial score (nSPS) is 14.8. The number of alkyl halides is 8. The molecule has 0 aromatic heterocycles. The van der Waals surface area contributed by atoms with Gasteiger partial charge in [0.1, 0.15) is 0 Å². The van der Waals surface area contributed by atoms with Gasteiger partial charge in [-0.25, -0.2) is 0 Å². The van der Waals surface area contributed by atoms with Crippen molar-refractivity contribution < 1.29 is 44.7 Å². The molecule has 0 heterocycles. The first kappa shape index (κ1) is 14.8. The lowest BCUT2D eigenvalue weighted by molar-refractivity contribution is -0.342. The molecule has 0 spiro atoms. The molecule has 0 bridgehead atoms. The van der Waals surface area contributed by atoms with E-state index in [9.17, 15) is 44.7 Å². The molecule has 0 rings (SSSR count). The molecule has 0 atom stereocenters. The summed E-state index contributed by atoms with van der Waals surface area (Å²) in [6, 6.07) is 0. The van der Waals surface area contributed by atoms with Gasteiger partial charge in [-0.3, -0.25) is 9.59 Å². The lowest BCUT2D eigenvalue weighted by Gasteiger charge is -2.32. The molecule has 0 saturated carbocycles. The third-order valence-electron chi connectivity index (χ3n) is 1.53. The monoisotopic (exact) mass is 258 g/mol. The van der Waals surface area contributed by atoms with Gasteiger partial charge in [0.25, 0.3) is 0 Å². The highest BCUT2D eigenvalue weighted by atomic mass is 19.4. The highest BCUT2D eigenvalue weighted by Crippen LogP contribution is 2.51. The Kier molecular flexibility index (Phi) is 3.39. The molecule has 0 aliphatic rings. The number of hydrogen-bond acceptors (Lipinski definition) is 2. The topological polar surface area (TPSA) is 34.1 Å². The fourth-order valence-corrected chi connectivity index (χ4v) is 0.567. The van der Waals surface area contributed by atoms with E-state index in [2.05, 4.69) is 0 Å². The minimum Gasteiger partial charge on any atom is -0.296 e. The van der Waals surface area contributed by atoms with E-state index in [0.717, 1.165) is 0 Å². The van der Waals surface area contributed by atoms with Crippen LogP contribution in [0.25, 0.3) is 0 Å². The molecule has 0 aliphatic carbocycles. The summed E-state index contributed by atoms with van der Waals surface area (Å²) in [5.41, 5.74) is 0. The fourth-order valence-electron chi connectivity index (χ4n) is 0.567. The van der Waals surface area contributed by atoms with Crippen LogP contribution < -0.4 is 0 Å². The third kappa shape index (κ3) is 1.76. The van der Waals surface area contributed by atoms with Crippen LogP contribution in [0.1, 0.15) is 0 Å². The zero-order valence-corrected chi connectivity index (χ0v) is 6.99. The van der Waals surface area contributed by atoms with Crippen molar-refractivity contribution in [1.29, 1.82) is 0 Å². The van der Waals surface area contributed by atoms with Crippen molar-refractivity contribution in [2.75, 3.05) is 0 Å². The van der Waals surface area contributed by atoms with Gasteiger partial charge in [-0.05, 0) is 0 Å². The molecule has 0 radical (unpaired) electrons. The van der Waals surface area contributed by atoms with Crippen LogP contribution >= 0.6 is 0 Å². The number of hydrogen-bond donors (Lipinski definition) is 0. The second kappa shape index (κ2) is 3.67. The summed E-state index contributed by atoms with van der Waals surface area (Å²) in [7, 11) is 0. The number of carbonyl (C=O) groups is 2. The van der Waals surface area contributed by atoms with E-state index < -0.39 is 36.3 Å². The van der Waals surface area contributed by atoms with E-state index in [1.807, 2.05) is 0 Å². The predicted molar refractivity (Wildman–Crippen MR) is 31.9 cm³/mol. The Bertz CT molecular complexity index is 267. The van der Waals surface area contributed by atoms with Gasteiger partial charge in [-0.1, -0.05) is 0 Å². The van der Waals surface area contributed by atoms with Crippen LogP contribution in [-0.4, -0.2) is 36.3 Å². The maximum atomic E-state index is 12.3. The Hall–Kier alpha value is -1.22. The largest absolute Gasteiger partial charge is 0.385 e. The number of carbonyl (C=O) groups excluding carboxylic acids is 2. The maximum absolute atomic E-state index is 12.3. The minimum atomic E-state index is -6.69. The standard InChI is InChI=1S/C6H2F8O2/c7-3(8,1-15)5(11,12)6(13,14)4(9,10)2-16/h1-2H. The maximum Gasteiger partial charge on any atom is 0.385 e. The lowest BCUT2D eigenvalue weighted by Crippen LogP contribution is -2.63. The van der Waals surface area contributed by atoms with Crippen LogP contribution in [0.3, 0.4) is 0 Å². The third-order valence-corrected chi connectivity index (χ3v) is 1.53. The van der Waals surface area contributed by atoms with Crippen molar-refractivity contribution in [3.8, 4) is 0 Å². The second-order valence-corrected chi connectivity index (χ2v) is 2.63. The van der Waals surface area contributed by atoms with Crippen molar-refractivity contribution in [3.63, 3.8) is 0 Å². The Morgan fingerprint density at radius 2 is 0.750 bits per heavy atom. The van der Waals surface area contributed by atoms with Crippen molar-refractivity contribution >= 4 is 12.6 Å². The van der Waals surface area contributed by atoms with E-state index >= 15 is 0 Å². The van der Waals surface area contributed by atoms with Crippen LogP contribution in [-0.2, 0) is 9.59 Å². The number of aldehydes is 2. The average molecular weight is 258 g/mol. The first-order valence-corrected chi connectivity index (χ1v) is 3.31. The molecule has 0 aromatic rings. The molecule has 16 heavy (non-hydrogen) atoms. The van der Waals surface area contributed by atoms with Gasteiger partial charge in [0.05, 0.1) is 0 Å². The smallest absolute Gasteiger partial charge is 0.296 e. The van der Waals surface area contributed by atoms with Gasteiger partial charge >= 0.3 is 23.7 Å². The molecule has 0 saturated heterocycles. The fraction of sp³-hybridized carbons (Fsp3) is 0.667. The Balaban J connectivity index is 5.63. The Morgan fingerprint density at radius 1 is 0.562 bits per heavy atom. The van der Waals surface area contributed by atoms with Crippen LogP contribution in [0, 0.1) is 0 Å². The first-order valence-electron chi connectivity index (χ1n) is 3.31. The van der Waals surface area contributed by atoms with Crippen molar-refractivity contribution in [3.05, 3.63) is 0 Å². The van der Waals surface area contributed by atoms with E-state index in [0.29, 0.717) is 0 Å². The molecular weight excluding hydrogens is 256 g/mol. The van der Waals surface area contributed by atoms with Crippen LogP contribution in [0.15, 0.2) is 0 Å². The molecule has 0 unspecified atom stereocenters. The van der Waals surface area contributed by atoms with Gasteiger partial charge < -0.3 is 0 Å². The van der Waals surface area contributed by atoms with Gasteiger partial charge in [-0.15, -0.1) is 0 Å². The van der Waals surface area contributed by atoms with E-state index in [1.165, 1.54) is 0 Å². The molecule has 0 amide bonds. The summed E-state index contributed by atoms with van der Waals surface area (Å²) in [5, 5.41) is 0. The predicted octanol–water partition coefficient (Wildman–Crippen LogP) is 1.93. The highest BCUT2D eigenvalue weighted by Gasteiger charge is 2.80. The zero-order valence-electron chi connectivity index (χ0n) is 6.99. The first-order chi connectivity index (χ1) is 6.87. The number of rotatable bonds is 5. The SMILES string of the molecule is O=CC(F)(F)C(F)(F)C(F)(F)C(F)(F)C=O. The summed E-state index contributed by atoms with van der Waals surface area (Å²) in [4.78, 5) is 18.9. The summed E-state index contributed by atoms with van der Waals surface area (Å²) in [5.74, 6) is -25.4. The summed E-state index contributed by atoms with van der Waals surface area (Å²) in [6.07, 6.45) is -3.80. The molecule has 0 aromatic carbocycles. The van der Waals surface area contributed by atoms with Gasteiger partial charge in [0.2, 0.25) is 0 Å². The van der Waals surface area contributed by atoms with Gasteiger partial charge in [0.15, 0.2) is 12.6 Å². The molecule has 94 valence electrons. The summed E-state index contributed by atoms with van der Waals surface area (Å²) < 4.78 is 97.4. The Labute approximate surface area is 82.2 Å². The molecular formula is C6H2F8O2. The van der Waals surface area contributed by atoms with Gasteiger partial charge in [0, 0.05) is 0 Å². The Morgan fingerprint density at radius 3 is 0.875 bits per heavy atom. The zero-order chi connectivity index (χ0) is 13.4. The molecule has 2 nitrogen and oxygen atoms in total. The van der Waals surface area contributed by atoms with E-state index in [1.54, 1.807) is 0 Å². The van der Waals surface area contributed by atoms with Gasteiger partial charge in [-0.2, -0.15) is 35.1 Å². The quantitative estimate of drug-likeness (QED) is 0.557. The minimum absolute atomic E-state index is 1.90. The highest BCUT2D eigenvalue weighted by molar-refractivity contribution is 5.66. The number of halogens is 8. The summed E-state index contributed by atoms with van der Waals surface area (Å²) in [6.45, 7) is 0. The molecule has 10 heteroatoms. The van der Waals surface area contributed by atoms with Crippen LogP contribution in [0.5, 0.6) is 0 Å². The van der Waals surface area contributed by atoms with E-state index in [4.69, 9.17) is 0 Å².